The van der Waals surface area contributed by atoms with Crippen molar-refractivity contribution in [3.05, 3.63) is 40.6 Å². The molecule has 2 fully saturated rings. The fourth-order valence-electron chi connectivity index (χ4n) is 4.14. The Kier molecular flexibility index (Phi) is 4.36. The van der Waals surface area contributed by atoms with Gasteiger partial charge in [0.15, 0.2) is 0 Å². The van der Waals surface area contributed by atoms with Gasteiger partial charge in [-0.1, -0.05) is 18.2 Å². The van der Waals surface area contributed by atoms with Crippen molar-refractivity contribution >= 4 is 22.3 Å². The summed E-state index contributed by atoms with van der Waals surface area (Å²) in [6.07, 6.45) is 3.91. The van der Waals surface area contributed by atoms with Crippen LogP contribution < -0.4 is 5.32 Å². The molecule has 1 aliphatic heterocycles. The Hall–Kier alpha value is -2.23. The van der Waals surface area contributed by atoms with Crippen molar-refractivity contribution < 1.29 is 35.3 Å². The van der Waals surface area contributed by atoms with E-state index in [4.69, 9.17) is 4.74 Å². The van der Waals surface area contributed by atoms with Gasteiger partial charge in [0.1, 0.15) is 12.4 Å². The molecule has 2 aliphatic carbocycles. The molecule has 28 heavy (non-hydrogen) atoms. The summed E-state index contributed by atoms with van der Waals surface area (Å²) in [7, 11) is -5.65. The van der Waals surface area contributed by atoms with Gasteiger partial charge in [-0.15, -0.1) is 0 Å². The number of cyclic esters (lactones) is 1. The van der Waals surface area contributed by atoms with Gasteiger partial charge < -0.3 is 14.2 Å². The number of carbonyl (C=O) groups excluding carboxylic acids is 1. The topological polar surface area (TPSA) is 81.7 Å². The third kappa shape index (κ3) is 3.45. The quantitative estimate of drug-likeness (QED) is 0.601. The molecule has 10 heteroatoms. The Balaban J connectivity index is 1.50. The van der Waals surface area contributed by atoms with Crippen LogP contribution in [0.3, 0.4) is 0 Å². The molecule has 1 saturated heterocycles. The van der Waals surface area contributed by atoms with Crippen LogP contribution >= 0.6 is 0 Å². The van der Waals surface area contributed by atoms with Gasteiger partial charge in [-0.05, 0) is 54.4 Å². The predicted octanol–water partition coefficient (Wildman–Crippen LogP) is 3.59. The Morgan fingerprint density at radius 1 is 1.25 bits per heavy atom. The number of aryl methyl sites for hydroxylation is 1. The van der Waals surface area contributed by atoms with E-state index in [0.29, 0.717) is 18.6 Å². The standard InChI is InChI=1S/C18H18F3NO5S/c19-18(20,21)28(24,25)27-15-4-3-11-7-12(1-2-13(11)8-15)14-5-6-17(9-14)10-26-16(23)22-17/h1-2,7-8,14H,3-6,9-10H2,(H,22,23)/t14-,17?/m1/s1. The molecule has 1 amide bonds. The number of allylic oxidation sites excluding steroid dienone is 1. The Bertz CT molecular complexity index is 956. The maximum Gasteiger partial charge on any atom is 0.534 e. The largest absolute Gasteiger partial charge is 0.534 e. The summed E-state index contributed by atoms with van der Waals surface area (Å²) < 4.78 is 69.1. The average molecular weight is 417 g/mol. The molecule has 0 aromatic heterocycles. The molecule has 1 N–H and O–H groups in total. The predicted molar refractivity (Wildman–Crippen MR) is 92.6 cm³/mol. The van der Waals surface area contributed by atoms with E-state index in [-0.39, 0.29) is 23.6 Å². The van der Waals surface area contributed by atoms with E-state index >= 15 is 0 Å². The van der Waals surface area contributed by atoms with Crippen LogP contribution in [0.1, 0.15) is 48.3 Å². The summed E-state index contributed by atoms with van der Waals surface area (Å²) in [4.78, 5) is 11.4. The maximum absolute atomic E-state index is 12.5. The number of carbonyl (C=O) groups is 1. The molecular weight excluding hydrogens is 399 g/mol. The molecule has 1 aromatic rings. The van der Waals surface area contributed by atoms with Crippen LogP contribution in [0.4, 0.5) is 18.0 Å². The maximum atomic E-state index is 12.5. The van der Waals surface area contributed by atoms with Crippen molar-refractivity contribution in [1.82, 2.24) is 5.32 Å². The molecule has 1 spiro atoms. The van der Waals surface area contributed by atoms with Gasteiger partial charge in [0.25, 0.3) is 0 Å². The minimum atomic E-state index is -5.65. The van der Waals surface area contributed by atoms with E-state index in [2.05, 4.69) is 9.50 Å². The van der Waals surface area contributed by atoms with E-state index < -0.39 is 21.7 Å². The van der Waals surface area contributed by atoms with Crippen molar-refractivity contribution in [2.24, 2.45) is 0 Å². The highest BCUT2D eigenvalue weighted by atomic mass is 32.2. The molecule has 0 bridgehead atoms. The highest BCUT2D eigenvalue weighted by molar-refractivity contribution is 7.87. The van der Waals surface area contributed by atoms with Crippen molar-refractivity contribution in [3.8, 4) is 0 Å². The Labute approximate surface area is 159 Å². The van der Waals surface area contributed by atoms with Crippen LogP contribution in [0.25, 0.3) is 6.08 Å². The van der Waals surface area contributed by atoms with E-state index in [1.54, 1.807) is 6.07 Å². The van der Waals surface area contributed by atoms with Gasteiger partial charge >= 0.3 is 21.7 Å². The summed E-state index contributed by atoms with van der Waals surface area (Å²) in [5.74, 6) is 0.0303. The third-order valence-corrected chi connectivity index (χ3v) is 6.55. The summed E-state index contributed by atoms with van der Waals surface area (Å²) >= 11 is 0. The summed E-state index contributed by atoms with van der Waals surface area (Å²) in [5.41, 5.74) is -3.09. The first-order valence-electron chi connectivity index (χ1n) is 8.86. The number of amides is 1. The number of nitrogens with one attached hydrogen (secondary N) is 1. The van der Waals surface area contributed by atoms with Gasteiger partial charge in [0.2, 0.25) is 0 Å². The summed E-state index contributed by atoms with van der Waals surface area (Å²) in [6, 6.07) is 5.65. The van der Waals surface area contributed by atoms with Crippen LogP contribution in [0.5, 0.6) is 0 Å². The molecule has 1 heterocycles. The van der Waals surface area contributed by atoms with Crippen molar-refractivity contribution in [3.63, 3.8) is 0 Å². The molecule has 4 rings (SSSR count). The SMILES string of the molecule is O=C1NC2(CC[C@@H](c3ccc4c(c3)CCC(OS(=O)(=O)C(F)(F)F)=C4)C2)CO1. The summed E-state index contributed by atoms with van der Waals surface area (Å²) in [5, 5.41) is 2.89. The fourth-order valence-corrected chi connectivity index (χ4v) is 4.65. The number of benzene rings is 1. The van der Waals surface area contributed by atoms with Crippen LogP contribution in [-0.2, 0) is 25.5 Å². The molecule has 6 nitrogen and oxygen atoms in total. The molecule has 3 aliphatic rings. The number of hydrogen-bond donors (Lipinski definition) is 1. The zero-order valence-electron chi connectivity index (χ0n) is 14.7. The third-order valence-electron chi connectivity index (χ3n) is 5.55. The number of halogens is 3. The zero-order chi connectivity index (χ0) is 20.2. The number of fused-ring (bicyclic) bond motifs is 1. The molecule has 1 saturated carbocycles. The van der Waals surface area contributed by atoms with Gasteiger partial charge in [-0.2, -0.15) is 21.6 Å². The minimum absolute atomic E-state index is 0.0737. The lowest BCUT2D eigenvalue weighted by atomic mass is 9.88. The van der Waals surface area contributed by atoms with Crippen molar-refractivity contribution in [2.75, 3.05) is 6.61 Å². The van der Waals surface area contributed by atoms with Crippen LogP contribution in [0, 0.1) is 0 Å². The van der Waals surface area contributed by atoms with Gasteiger partial charge in [-0.25, -0.2) is 4.79 Å². The first-order valence-corrected chi connectivity index (χ1v) is 10.3. The molecule has 2 atom stereocenters. The van der Waals surface area contributed by atoms with Crippen LogP contribution in [-0.4, -0.2) is 32.2 Å². The van der Waals surface area contributed by atoms with Gasteiger partial charge in [-0.3, -0.25) is 0 Å². The van der Waals surface area contributed by atoms with Crippen molar-refractivity contribution in [2.45, 2.75) is 49.1 Å². The molecular formula is C18H18F3NO5S. The normalized spacial score (nSPS) is 27.2. The zero-order valence-corrected chi connectivity index (χ0v) is 15.5. The highest BCUT2D eigenvalue weighted by Crippen LogP contribution is 2.43. The number of rotatable bonds is 3. The molecule has 1 unspecified atom stereocenters. The second kappa shape index (κ2) is 6.40. The van der Waals surface area contributed by atoms with E-state index in [9.17, 15) is 26.4 Å². The molecule has 152 valence electrons. The number of alkyl halides is 3. The first-order chi connectivity index (χ1) is 13.1. The fraction of sp³-hybridized carbons (Fsp3) is 0.500. The lowest BCUT2D eigenvalue weighted by Gasteiger charge is -2.22. The van der Waals surface area contributed by atoms with Crippen LogP contribution in [0.15, 0.2) is 24.0 Å². The van der Waals surface area contributed by atoms with Crippen LogP contribution in [0.2, 0.25) is 0 Å². The lowest BCUT2D eigenvalue weighted by molar-refractivity contribution is -0.0522. The monoisotopic (exact) mass is 417 g/mol. The molecule has 0 radical (unpaired) electrons. The lowest BCUT2D eigenvalue weighted by Crippen LogP contribution is -2.40. The number of hydrogen-bond acceptors (Lipinski definition) is 5. The van der Waals surface area contributed by atoms with Crippen molar-refractivity contribution in [1.29, 1.82) is 0 Å². The van der Waals surface area contributed by atoms with E-state index in [0.717, 1.165) is 30.4 Å². The van der Waals surface area contributed by atoms with E-state index in [1.807, 2.05) is 12.1 Å². The van der Waals surface area contributed by atoms with E-state index in [1.165, 1.54) is 6.08 Å². The summed E-state index contributed by atoms with van der Waals surface area (Å²) in [6.45, 7) is 0.365. The minimum Gasteiger partial charge on any atom is -0.447 e. The van der Waals surface area contributed by atoms with Gasteiger partial charge in [0.05, 0.1) is 5.54 Å². The second-order valence-electron chi connectivity index (χ2n) is 7.47. The van der Waals surface area contributed by atoms with Gasteiger partial charge in [0, 0.05) is 6.42 Å². The average Bonchev–Trinajstić information content (AvgIpc) is 3.19. The second-order valence-corrected chi connectivity index (χ2v) is 9.01. The first kappa shape index (κ1) is 19.1. The number of ether oxygens (including phenoxy) is 1. The molecule has 1 aromatic carbocycles. The smallest absolute Gasteiger partial charge is 0.447 e. The highest BCUT2D eigenvalue weighted by Gasteiger charge is 2.49. The number of alkyl carbamates (subject to hydrolysis) is 1. The Morgan fingerprint density at radius 2 is 2.04 bits per heavy atom. The Morgan fingerprint density at radius 3 is 2.71 bits per heavy atom.